The average Bonchev–Trinajstić information content (AvgIpc) is 2.28. The largest absolute Gasteiger partial charge is 0.373 e. The molecule has 5 nitrogen and oxygen atoms in total. The number of hydrogen-bond donors (Lipinski definition) is 1. The fraction of sp³-hybridized carbons (Fsp3) is 0.667. The molecular weight excluding hydrogens is 214 g/mol. The van der Waals surface area contributed by atoms with Crippen molar-refractivity contribution in [2.24, 2.45) is 0 Å². The average molecular weight is 237 g/mol. The van der Waals surface area contributed by atoms with Crippen molar-refractivity contribution in [3.05, 3.63) is 11.9 Å². The number of rotatable bonds is 6. The third-order valence-corrected chi connectivity index (χ3v) is 2.75. The van der Waals surface area contributed by atoms with Gasteiger partial charge in [0.25, 0.3) is 0 Å². The fourth-order valence-electron chi connectivity index (χ4n) is 1.81. The number of nitrogens with one attached hydrogen (secondary N) is 1. The minimum absolute atomic E-state index is 0.898. The van der Waals surface area contributed by atoms with Crippen LogP contribution >= 0.6 is 0 Å². The van der Waals surface area contributed by atoms with Gasteiger partial charge in [0.2, 0.25) is 0 Å². The Morgan fingerprint density at radius 3 is 2.47 bits per heavy atom. The van der Waals surface area contributed by atoms with E-state index in [0.29, 0.717) is 0 Å². The predicted octanol–water partition coefficient (Wildman–Crippen LogP) is 1.21. The van der Waals surface area contributed by atoms with Gasteiger partial charge in [0.15, 0.2) is 0 Å². The highest BCUT2D eigenvalue weighted by molar-refractivity contribution is 5.57. The molecule has 0 atom stereocenters. The normalized spacial score (nSPS) is 10.7. The van der Waals surface area contributed by atoms with E-state index in [4.69, 9.17) is 0 Å². The van der Waals surface area contributed by atoms with Crippen molar-refractivity contribution in [1.82, 2.24) is 14.9 Å². The van der Waals surface area contributed by atoms with Gasteiger partial charge in [0.05, 0.1) is 0 Å². The molecule has 5 heteroatoms. The van der Waals surface area contributed by atoms with Gasteiger partial charge in [-0.2, -0.15) is 0 Å². The van der Waals surface area contributed by atoms with Gasteiger partial charge in [-0.3, -0.25) is 0 Å². The second-order valence-corrected chi connectivity index (χ2v) is 4.50. The monoisotopic (exact) mass is 237 g/mol. The van der Waals surface area contributed by atoms with Crippen LogP contribution in [0.2, 0.25) is 0 Å². The molecule has 1 aromatic heterocycles. The first kappa shape index (κ1) is 13.7. The molecule has 96 valence electrons. The van der Waals surface area contributed by atoms with Crippen LogP contribution in [0.5, 0.6) is 0 Å². The first-order valence-electron chi connectivity index (χ1n) is 5.91. The van der Waals surface area contributed by atoms with E-state index < -0.39 is 0 Å². The summed E-state index contributed by atoms with van der Waals surface area (Å²) < 4.78 is 0. The van der Waals surface area contributed by atoms with E-state index >= 15 is 0 Å². The van der Waals surface area contributed by atoms with Crippen LogP contribution in [0.1, 0.15) is 12.0 Å². The Balaban J connectivity index is 2.65. The van der Waals surface area contributed by atoms with Crippen molar-refractivity contribution in [3.8, 4) is 0 Å². The first-order valence-corrected chi connectivity index (χ1v) is 5.91. The van der Waals surface area contributed by atoms with Crippen LogP contribution < -0.4 is 10.2 Å². The van der Waals surface area contributed by atoms with Crippen molar-refractivity contribution < 1.29 is 0 Å². The zero-order valence-electron chi connectivity index (χ0n) is 11.5. The van der Waals surface area contributed by atoms with Crippen LogP contribution in [0.15, 0.2) is 6.33 Å². The molecule has 0 aliphatic heterocycles. The molecule has 0 amide bonds. The Labute approximate surface area is 104 Å². The highest BCUT2D eigenvalue weighted by atomic mass is 15.2. The maximum Gasteiger partial charge on any atom is 0.136 e. The number of hydrogen-bond acceptors (Lipinski definition) is 5. The lowest BCUT2D eigenvalue weighted by Crippen LogP contribution is -2.25. The summed E-state index contributed by atoms with van der Waals surface area (Å²) in [6.07, 6.45) is 2.73. The summed E-state index contributed by atoms with van der Waals surface area (Å²) in [6.45, 7) is 4.14. The third-order valence-electron chi connectivity index (χ3n) is 2.75. The predicted molar refractivity (Wildman–Crippen MR) is 72.8 cm³/mol. The second-order valence-electron chi connectivity index (χ2n) is 4.50. The standard InChI is InChI=1S/C12H23N5/c1-10-11(13-2)14-9-15-12(10)17(5)8-6-7-16(3)4/h9H,6-8H2,1-5H3,(H,13,14,15). The summed E-state index contributed by atoms with van der Waals surface area (Å²) in [6, 6.07) is 0. The zero-order valence-corrected chi connectivity index (χ0v) is 11.5. The molecule has 0 fully saturated rings. The molecule has 17 heavy (non-hydrogen) atoms. The molecule has 0 saturated heterocycles. The maximum absolute atomic E-state index is 4.35. The van der Waals surface area contributed by atoms with Gasteiger partial charge in [-0.1, -0.05) is 0 Å². The van der Waals surface area contributed by atoms with Gasteiger partial charge in [-0.25, -0.2) is 9.97 Å². The SMILES string of the molecule is CNc1ncnc(N(C)CCCN(C)C)c1C. The van der Waals surface area contributed by atoms with Gasteiger partial charge in [0.1, 0.15) is 18.0 Å². The molecule has 0 saturated carbocycles. The van der Waals surface area contributed by atoms with Gasteiger partial charge < -0.3 is 15.1 Å². The number of anilines is 2. The molecule has 0 bridgehead atoms. The Morgan fingerprint density at radius 2 is 1.88 bits per heavy atom. The second kappa shape index (κ2) is 6.39. The molecule has 1 N–H and O–H groups in total. The Bertz CT molecular complexity index is 351. The van der Waals surface area contributed by atoms with E-state index in [-0.39, 0.29) is 0 Å². The van der Waals surface area contributed by atoms with Crippen LogP contribution in [0.25, 0.3) is 0 Å². The minimum Gasteiger partial charge on any atom is -0.373 e. The molecule has 0 aromatic carbocycles. The minimum atomic E-state index is 0.898. The molecule has 0 aliphatic carbocycles. The van der Waals surface area contributed by atoms with E-state index in [2.05, 4.69) is 46.2 Å². The smallest absolute Gasteiger partial charge is 0.136 e. The molecule has 0 unspecified atom stereocenters. The van der Waals surface area contributed by atoms with Crippen LogP contribution in [0.3, 0.4) is 0 Å². The number of nitrogens with zero attached hydrogens (tertiary/aromatic N) is 4. The van der Waals surface area contributed by atoms with Crippen LogP contribution in [0, 0.1) is 6.92 Å². The molecule has 1 aromatic rings. The number of aromatic nitrogens is 2. The summed E-state index contributed by atoms with van der Waals surface area (Å²) in [5, 5.41) is 3.08. The highest BCUT2D eigenvalue weighted by Gasteiger charge is 2.09. The van der Waals surface area contributed by atoms with E-state index in [1.807, 2.05) is 14.0 Å². The lowest BCUT2D eigenvalue weighted by molar-refractivity contribution is 0.401. The van der Waals surface area contributed by atoms with E-state index in [1.165, 1.54) is 0 Å². The maximum atomic E-state index is 4.35. The molecule has 0 radical (unpaired) electrons. The third kappa shape index (κ3) is 3.85. The van der Waals surface area contributed by atoms with E-state index in [1.54, 1.807) is 6.33 Å². The van der Waals surface area contributed by atoms with Crippen molar-refractivity contribution in [2.45, 2.75) is 13.3 Å². The van der Waals surface area contributed by atoms with Gasteiger partial charge >= 0.3 is 0 Å². The first-order chi connectivity index (χ1) is 8.06. The van der Waals surface area contributed by atoms with Gasteiger partial charge in [-0.15, -0.1) is 0 Å². The molecule has 0 spiro atoms. The van der Waals surface area contributed by atoms with Gasteiger partial charge in [0, 0.05) is 26.2 Å². The zero-order chi connectivity index (χ0) is 12.8. The fourth-order valence-corrected chi connectivity index (χ4v) is 1.81. The topological polar surface area (TPSA) is 44.3 Å². The van der Waals surface area contributed by atoms with Crippen LogP contribution in [-0.2, 0) is 0 Å². The summed E-state index contributed by atoms with van der Waals surface area (Å²) in [5.74, 6) is 1.90. The summed E-state index contributed by atoms with van der Waals surface area (Å²) in [7, 11) is 8.14. The van der Waals surface area contributed by atoms with Crippen LogP contribution in [-0.4, -0.2) is 56.1 Å². The van der Waals surface area contributed by atoms with Gasteiger partial charge in [-0.05, 0) is 34.0 Å². The molecule has 1 rings (SSSR count). The van der Waals surface area contributed by atoms with E-state index in [0.717, 1.165) is 36.7 Å². The summed E-state index contributed by atoms with van der Waals surface area (Å²) in [5.41, 5.74) is 1.10. The highest BCUT2D eigenvalue weighted by Crippen LogP contribution is 2.20. The quantitative estimate of drug-likeness (QED) is 0.806. The lowest BCUT2D eigenvalue weighted by Gasteiger charge is -2.21. The summed E-state index contributed by atoms with van der Waals surface area (Å²) >= 11 is 0. The Morgan fingerprint density at radius 1 is 1.18 bits per heavy atom. The van der Waals surface area contributed by atoms with Crippen molar-refractivity contribution in [1.29, 1.82) is 0 Å². The summed E-state index contributed by atoms with van der Waals surface area (Å²) in [4.78, 5) is 12.9. The molecule has 0 aliphatic rings. The lowest BCUT2D eigenvalue weighted by atomic mass is 10.3. The van der Waals surface area contributed by atoms with Crippen molar-refractivity contribution in [2.75, 3.05) is 51.5 Å². The molecule has 1 heterocycles. The van der Waals surface area contributed by atoms with Crippen LogP contribution in [0.4, 0.5) is 11.6 Å². The van der Waals surface area contributed by atoms with E-state index in [9.17, 15) is 0 Å². The van der Waals surface area contributed by atoms with Crippen molar-refractivity contribution >= 4 is 11.6 Å². The van der Waals surface area contributed by atoms with Crippen molar-refractivity contribution in [3.63, 3.8) is 0 Å². The Kier molecular flexibility index (Phi) is 5.15. The Hall–Kier alpha value is -1.36. The molecular formula is C12H23N5.